The number of likely N-dealkylation sites (tertiary alicyclic amines) is 1. The lowest BCUT2D eigenvalue weighted by Gasteiger charge is -2.20. The topological polar surface area (TPSA) is 38.5 Å². The molecule has 146 valence electrons. The molecule has 4 nitrogen and oxygen atoms in total. The first-order chi connectivity index (χ1) is 13.6. The predicted octanol–water partition coefficient (Wildman–Crippen LogP) is 5.35. The van der Waals surface area contributed by atoms with Gasteiger partial charge >= 0.3 is 0 Å². The van der Waals surface area contributed by atoms with Gasteiger partial charge in [-0.15, -0.1) is 0 Å². The molecule has 1 saturated heterocycles. The molecule has 1 aliphatic heterocycles. The van der Waals surface area contributed by atoms with E-state index in [-0.39, 0.29) is 0 Å². The van der Waals surface area contributed by atoms with Crippen LogP contribution in [-0.2, 0) is 6.42 Å². The van der Waals surface area contributed by atoms with Crippen molar-refractivity contribution in [2.75, 3.05) is 20.2 Å². The van der Waals surface area contributed by atoms with Crippen molar-refractivity contribution in [1.29, 1.82) is 0 Å². The van der Waals surface area contributed by atoms with E-state index in [0.29, 0.717) is 11.9 Å². The summed E-state index contributed by atoms with van der Waals surface area (Å²) >= 11 is 0. The van der Waals surface area contributed by atoms with Gasteiger partial charge in [0.1, 0.15) is 11.5 Å². The molecule has 4 heteroatoms. The average Bonchev–Trinajstić information content (AvgIpc) is 3.31. The van der Waals surface area contributed by atoms with Gasteiger partial charge in [-0.05, 0) is 68.6 Å². The molecule has 2 aromatic carbocycles. The quantitative estimate of drug-likeness (QED) is 0.581. The Morgan fingerprint density at radius 3 is 2.29 bits per heavy atom. The van der Waals surface area contributed by atoms with E-state index in [4.69, 9.17) is 14.1 Å². The summed E-state index contributed by atoms with van der Waals surface area (Å²) in [6, 6.07) is 17.2. The van der Waals surface area contributed by atoms with Crippen LogP contribution in [0.1, 0.15) is 31.2 Å². The summed E-state index contributed by atoms with van der Waals surface area (Å²) in [6.45, 7) is 6.60. The average molecular weight is 376 g/mol. The fraction of sp³-hybridized carbons (Fsp3) is 0.375. The Balaban J connectivity index is 1.46. The van der Waals surface area contributed by atoms with Gasteiger partial charge in [0.15, 0.2) is 0 Å². The highest BCUT2D eigenvalue weighted by molar-refractivity contribution is 5.67. The number of aromatic nitrogens is 1. The summed E-state index contributed by atoms with van der Waals surface area (Å²) in [6.07, 6.45) is 3.57. The van der Waals surface area contributed by atoms with Gasteiger partial charge in [0, 0.05) is 24.6 Å². The minimum Gasteiger partial charge on any atom is -0.497 e. The Morgan fingerprint density at radius 2 is 1.68 bits per heavy atom. The second kappa shape index (κ2) is 8.19. The maximum atomic E-state index is 5.97. The Kier molecular flexibility index (Phi) is 5.49. The summed E-state index contributed by atoms with van der Waals surface area (Å²) < 4.78 is 11.2. The van der Waals surface area contributed by atoms with Crippen molar-refractivity contribution in [2.24, 2.45) is 0 Å². The highest BCUT2D eigenvalue weighted by Gasteiger charge is 2.21. The smallest absolute Gasteiger partial charge is 0.226 e. The van der Waals surface area contributed by atoms with Crippen LogP contribution in [0.2, 0.25) is 0 Å². The number of rotatable bonds is 6. The molecule has 3 aromatic rings. The van der Waals surface area contributed by atoms with Crippen LogP contribution in [0, 0.1) is 6.92 Å². The normalized spacial score (nSPS) is 17.2. The highest BCUT2D eigenvalue weighted by atomic mass is 16.5. The van der Waals surface area contributed by atoms with E-state index in [2.05, 4.69) is 48.2 Å². The molecule has 0 bridgehead atoms. The zero-order valence-electron chi connectivity index (χ0n) is 16.9. The Morgan fingerprint density at radius 1 is 1.04 bits per heavy atom. The molecule has 2 heterocycles. The molecule has 0 radical (unpaired) electrons. The Bertz CT molecular complexity index is 913. The van der Waals surface area contributed by atoms with Crippen molar-refractivity contribution in [2.45, 2.75) is 39.2 Å². The minimum atomic E-state index is 0.692. The first-order valence-corrected chi connectivity index (χ1v) is 10.1. The van der Waals surface area contributed by atoms with Crippen LogP contribution in [-0.4, -0.2) is 36.1 Å². The first-order valence-electron chi connectivity index (χ1n) is 10.1. The molecule has 0 spiro atoms. The van der Waals surface area contributed by atoms with Crippen molar-refractivity contribution in [3.8, 4) is 28.3 Å². The van der Waals surface area contributed by atoms with E-state index in [9.17, 15) is 0 Å². The number of nitrogens with zero attached hydrogens (tertiary/aromatic N) is 2. The van der Waals surface area contributed by atoms with Crippen LogP contribution in [0.3, 0.4) is 0 Å². The van der Waals surface area contributed by atoms with E-state index < -0.39 is 0 Å². The fourth-order valence-corrected chi connectivity index (χ4v) is 3.95. The van der Waals surface area contributed by atoms with Crippen molar-refractivity contribution in [3.63, 3.8) is 0 Å². The summed E-state index contributed by atoms with van der Waals surface area (Å²) in [4.78, 5) is 7.33. The van der Waals surface area contributed by atoms with Crippen LogP contribution in [0.4, 0.5) is 0 Å². The predicted molar refractivity (Wildman–Crippen MR) is 113 cm³/mol. The summed E-state index contributed by atoms with van der Waals surface area (Å²) in [5.41, 5.74) is 4.42. The second-order valence-electron chi connectivity index (χ2n) is 7.60. The second-order valence-corrected chi connectivity index (χ2v) is 7.60. The lowest BCUT2D eigenvalue weighted by atomic mass is 10.0. The molecule has 28 heavy (non-hydrogen) atoms. The van der Waals surface area contributed by atoms with E-state index in [1.54, 1.807) is 7.11 Å². The molecule has 1 atom stereocenters. The molecule has 0 aliphatic carbocycles. The molecule has 1 aliphatic rings. The molecule has 0 saturated carbocycles. The van der Waals surface area contributed by atoms with Gasteiger partial charge in [0.05, 0.1) is 12.8 Å². The van der Waals surface area contributed by atoms with Gasteiger partial charge in [0.2, 0.25) is 5.89 Å². The van der Waals surface area contributed by atoms with E-state index in [0.717, 1.165) is 46.9 Å². The number of hydrogen-bond donors (Lipinski definition) is 0. The summed E-state index contributed by atoms with van der Waals surface area (Å²) in [5, 5.41) is 0. The van der Waals surface area contributed by atoms with Gasteiger partial charge in [0.25, 0.3) is 0 Å². The van der Waals surface area contributed by atoms with Gasteiger partial charge in [-0.2, -0.15) is 0 Å². The third kappa shape index (κ3) is 3.97. The highest BCUT2D eigenvalue weighted by Crippen LogP contribution is 2.27. The number of ether oxygens (including phenoxy) is 1. The number of oxazole rings is 1. The van der Waals surface area contributed by atoms with Crippen LogP contribution in [0.25, 0.3) is 22.6 Å². The lowest BCUT2D eigenvalue weighted by molar-refractivity contribution is 0.271. The summed E-state index contributed by atoms with van der Waals surface area (Å²) in [7, 11) is 1.68. The maximum absolute atomic E-state index is 5.97. The van der Waals surface area contributed by atoms with Crippen molar-refractivity contribution >= 4 is 0 Å². The largest absolute Gasteiger partial charge is 0.497 e. The molecule has 1 aromatic heterocycles. The zero-order chi connectivity index (χ0) is 19.5. The first kappa shape index (κ1) is 18.8. The molecule has 4 rings (SSSR count). The van der Waals surface area contributed by atoms with E-state index in [1.807, 2.05) is 19.1 Å². The SMILES string of the molecule is COc1ccc(-c2ccc(-c3nc(CCN4CCCC4C)c(C)o3)cc2)cc1. The van der Waals surface area contributed by atoms with E-state index in [1.165, 1.54) is 19.4 Å². The summed E-state index contributed by atoms with van der Waals surface area (Å²) in [5.74, 6) is 2.51. The van der Waals surface area contributed by atoms with Crippen LogP contribution in [0.5, 0.6) is 5.75 Å². The molecular formula is C24H28N2O2. The molecular weight excluding hydrogens is 348 g/mol. The standard InChI is InChI=1S/C24H28N2O2/c1-17-5-4-15-26(17)16-14-23-18(2)28-24(25-23)21-8-6-19(7-9-21)20-10-12-22(27-3)13-11-20/h6-13,17H,4-5,14-16H2,1-3H3. The molecule has 1 unspecified atom stereocenters. The number of benzene rings is 2. The maximum Gasteiger partial charge on any atom is 0.226 e. The van der Waals surface area contributed by atoms with Gasteiger partial charge in [-0.3, -0.25) is 0 Å². The zero-order valence-corrected chi connectivity index (χ0v) is 16.9. The van der Waals surface area contributed by atoms with Crippen LogP contribution >= 0.6 is 0 Å². The van der Waals surface area contributed by atoms with Crippen LogP contribution in [0.15, 0.2) is 52.9 Å². The molecule has 1 fully saturated rings. The number of hydrogen-bond acceptors (Lipinski definition) is 4. The Labute approximate surface area is 167 Å². The molecule has 0 N–H and O–H groups in total. The minimum absolute atomic E-state index is 0.692. The molecule has 0 amide bonds. The van der Waals surface area contributed by atoms with Gasteiger partial charge in [-0.1, -0.05) is 24.3 Å². The number of aryl methyl sites for hydroxylation is 1. The van der Waals surface area contributed by atoms with Gasteiger partial charge < -0.3 is 14.1 Å². The third-order valence-electron chi connectivity index (χ3n) is 5.77. The van der Waals surface area contributed by atoms with Gasteiger partial charge in [-0.25, -0.2) is 4.98 Å². The van der Waals surface area contributed by atoms with Crippen molar-refractivity contribution in [1.82, 2.24) is 9.88 Å². The van der Waals surface area contributed by atoms with Crippen molar-refractivity contribution < 1.29 is 9.15 Å². The third-order valence-corrected chi connectivity index (χ3v) is 5.77. The monoisotopic (exact) mass is 376 g/mol. The van der Waals surface area contributed by atoms with Crippen molar-refractivity contribution in [3.05, 3.63) is 60.0 Å². The number of methoxy groups -OCH3 is 1. The van der Waals surface area contributed by atoms with Crippen LogP contribution < -0.4 is 4.74 Å². The lowest BCUT2D eigenvalue weighted by Crippen LogP contribution is -2.29. The van der Waals surface area contributed by atoms with E-state index >= 15 is 0 Å². The fourth-order valence-electron chi connectivity index (χ4n) is 3.95. The Hall–Kier alpha value is -2.59.